The van der Waals surface area contributed by atoms with E-state index < -0.39 is 17.7 Å². The molecule has 2 heterocycles. The summed E-state index contributed by atoms with van der Waals surface area (Å²) in [5, 5.41) is 12.0. The molecule has 1 aromatic heterocycles. The van der Waals surface area contributed by atoms with Gasteiger partial charge in [-0.25, -0.2) is 4.98 Å². The number of aliphatic hydroxyl groups excluding tert-OH is 1. The Morgan fingerprint density at radius 3 is 2.46 bits per heavy atom. The first-order chi connectivity index (χ1) is 19.6. The number of ketones is 1. The first-order valence-electron chi connectivity index (χ1n) is 13.7. The molecule has 1 aliphatic heterocycles. The van der Waals surface area contributed by atoms with Gasteiger partial charge in [0.15, 0.2) is 5.13 Å². The molecule has 1 N–H and O–H groups in total. The largest absolute Gasteiger partial charge is 0.507 e. The van der Waals surface area contributed by atoms with Gasteiger partial charge in [-0.05, 0) is 53.3 Å². The number of methoxy groups -OCH3 is 1. The van der Waals surface area contributed by atoms with E-state index in [-0.39, 0.29) is 16.7 Å². The van der Waals surface area contributed by atoms with Crippen LogP contribution >= 0.6 is 11.3 Å². The molecule has 4 aromatic rings. The number of rotatable bonds is 8. The summed E-state index contributed by atoms with van der Waals surface area (Å²) in [6.07, 6.45) is 1.90. The van der Waals surface area contributed by atoms with E-state index in [0.29, 0.717) is 39.9 Å². The highest BCUT2D eigenvalue weighted by molar-refractivity contribution is 7.22. The molecule has 212 valence electrons. The summed E-state index contributed by atoms with van der Waals surface area (Å²) < 4.78 is 12.0. The molecule has 0 spiro atoms. The van der Waals surface area contributed by atoms with Crippen molar-refractivity contribution in [2.75, 3.05) is 18.6 Å². The Hall–Kier alpha value is -4.17. The van der Waals surface area contributed by atoms with Crippen LogP contribution in [0.1, 0.15) is 63.3 Å². The second-order valence-corrected chi connectivity index (χ2v) is 12.1. The molecule has 41 heavy (non-hydrogen) atoms. The number of hydrogen-bond donors (Lipinski definition) is 1. The van der Waals surface area contributed by atoms with Crippen LogP contribution in [0, 0.1) is 0 Å². The molecule has 1 atom stereocenters. The van der Waals surface area contributed by atoms with Gasteiger partial charge >= 0.3 is 5.91 Å². The van der Waals surface area contributed by atoms with Crippen molar-refractivity contribution in [1.29, 1.82) is 0 Å². The van der Waals surface area contributed by atoms with E-state index in [1.165, 1.54) is 16.2 Å². The number of unbranched alkanes of at least 4 members (excludes halogenated alkanes) is 1. The number of aliphatic hydroxyl groups is 1. The van der Waals surface area contributed by atoms with Crippen LogP contribution < -0.4 is 14.4 Å². The van der Waals surface area contributed by atoms with Crippen molar-refractivity contribution in [3.05, 3.63) is 89.0 Å². The number of nitrogens with zero attached hydrogens (tertiary/aromatic N) is 2. The second kappa shape index (κ2) is 11.4. The summed E-state index contributed by atoms with van der Waals surface area (Å²) in [5.41, 5.74) is 2.84. The lowest BCUT2D eigenvalue weighted by molar-refractivity contribution is -0.132. The van der Waals surface area contributed by atoms with Crippen LogP contribution in [0.5, 0.6) is 11.5 Å². The Kier molecular flexibility index (Phi) is 7.87. The van der Waals surface area contributed by atoms with Crippen molar-refractivity contribution < 1.29 is 24.2 Å². The molecule has 0 aliphatic carbocycles. The third-order valence-electron chi connectivity index (χ3n) is 7.20. The smallest absolute Gasteiger partial charge is 0.301 e. The Morgan fingerprint density at radius 1 is 1.02 bits per heavy atom. The minimum atomic E-state index is -0.865. The highest BCUT2D eigenvalue weighted by Gasteiger charge is 2.48. The topological polar surface area (TPSA) is 89.0 Å². The lowest BCUT2D eigenvalue weighted by Gasteiger charge is -2.24. The zero-order chi connectivity index (χ0) is 29.3. The van der Waals surface area contributed by atoms with Crippen molar-refractivity contribution in [2.45, 2.75) is 52.0 Å². The summed E-state index contributed by atoms with van der Waals surface area (Å²) in [4.78, 5) is 33.4. The van der Waals surface area contributed by atoms with Gasteiger partial charge in [-0.15, -0.1) is 0 Å². The molecule has 1 fully saturated rings. The highest BCUT2D eigenvalue weighted by atomic mass is 32.1. The molecule has 0 radical (unpaired) electrons. The normalized spacial score (nSPS) is 16.9. The van der Waals surface area contributed by atoms with Crippen molar-refractivity contribution in [3.8, 4) is 11.5 Å². The Morgan fingerprint density at radius 2 is 1.78 bits per heavy atom. The zero-order valence-electron chi connectivity index (χ0n) is 23.9. The standard InChI is InChI=1S/C33H34N2O5S/c1-6-7-17-40-24-10-8-9-21(18-24)29(36)27-28(20-11-13-22(14-12-20)33(2,3)4)35(31(38)30(27)37)32-34-25-16-15-23(39-5)19-26(25)41-32/h8-16,18-19,28,36H,6-7,17H2,1-5H3/b29-27+. The summed E-state index contributed by atoms with van der Waals surface area (Å²) in [6.45, 7) is 9.01. The van der Waals surface area contributed by atoms with Crippen LogP contribution in [0.15, 0.2) is 72.3 Å². The molecule has 1 aliphatic rings. The van der Waals surface area contributed by atoms with Gasteiger partial charge in [0.2, 0.25) is 0 Å². The number of carbonyl (C=O) groups is 2. The number of carbonyl (C=O) groups excluding carboxylic acids is 2. The lowest BCUT2D eigenvalue weighted by atomic mass is 9.85. The summed E-state index contributed by atoms with van der Waals surface area (Å²) in [7, 11) is 1.59. The molecule has 1 saturated heterocycles. The van der Waals surface area contributed by atoms with Gasteiger partial charge in [-0.1, -0.05) is 81.9 Å². The van der Waals surface area contributed by atoms with Crippen LogP contribution in [0.2, 0.25) is 0 Å². The van der Waals surface area contributed by atoms with Gasteiger partial charge < -0.3 is 14.6 Å². The van der Waals surface area contributed by atoms with E-state index >= 15 is 0 Å². The fraction of sp³-hybridized carbons (Fsp3) is 0.303. The van der Waals surface area contributed by atoms with E-state index in [1.807, 2.05) is 42.5 Å². The molecule has 5 rings (SSSR count). The quantitative estimate of drug-likeness (QED) is 0.103. The van der Waals surface area contributed by atoms with Crippen molar-refractivity contribution in [2.24, 2.45) is 0 Å². The molecular weight excluding hydrogens is 536 g/mol. The Balaban J connectivity index is 1.65. The molecule has 7 nitrogen and oxygen atoms in total. The van der Waals surface area contributed by atoms with E-state index in [9.17, 15) is 14.7 Å². The Bertz CT molecular complexity index is 1630. The number of anilines is 1. The first-order valence-corrected chi connectivity index (χ1v) is 14.5. The predicted octanol–water partition coefficient (Wildman–Crippen LogP) is 7.41. The molecular formula is C33H34N2O5S. The minimum absolute atomic E-state index is 0.0149. The van der Waals surface area contributed by atoms with Gasteiger partial charge in [0, 0.05) is 5.56 Å². The fourth-order valence-electron chi connectivity index (χ4n) is 4.86. The monoisotopic (exact) mass is 570 g/mol. The summed E-state index contributed by atoms with van der Waals surface area (Å²) in [6, 6.07) is 19.4. The van der Waals surface area contributed by atoms with Crippen molar-refractivity contribution in [1.82, 2.24) is 4.98 Å². The van der Waals surface area contributed by atoms with Crippen LogP contribution in [-0.2, 0) is 15.0 Å². The SMILES string of the molecule is CCCCOc1cccc(/C(O)=C2\C(=O)C(=O)N(c3nc4ccc(OC)cc4s3)C2c2ccc(C(C)(C)C)cc2)c1. The van der Waals surface area contributed by atoms with Gasteiger partial charge in [-0.2, -0.15) is 0 Å². The first kappa shape index (κ1) is 28.4. The fourth-order valence-corrected chi connectivity index (χ4v) is 5.88. The number of thiazole rings is 1. The molecule has 0 bridgehead atoms. The maximum Gasteiger partial charge on any atom is 0.301 e. The Labute approximate surface area is 244 Å². The van der Waals surface area contributed by atoms with Crippen LogP contribution in [-0.4, -0.2) is 35.5 Å². The number of hydrogen-bond acceptors (Lipinski definition) is 7. The van der Waals surface area contributed by atoms with E-state index in [0.717, 1.165) is 23.1 Å². The predicted molar refractivity (Wildman–Crippen MR) is 163 cm³/mol. The van der Waals surface area contributed by atoms with Crippen LogP contribution in [0.4, 0.5) is 5.13 Å². The number of amides is 1. The maximum atomic E-state index is 13.7. The van der Waals surface area contributed by atoms with E-state index in [4.69, 9.17) is 14.5 Å². The molecule has 1 amide bonds. The molecule has 1 unspecified atom stereocenters. The average molecular weight is 571 g/mol. The zero-order valence-corrected chi connectivity index (χ0v) is 24.7. The van der Waals surface area contributed by atoms with Crippen molar-refractivity contribution in [3.63, 3.8) is 0 Å². The third kappa shape index (κ3) is 5.57. The second-order valence-electron chi connectivity index (χ2n) is 11.1. The molecule has 3 aromatic carbocycles. The summed E-state index contributed by atoms with van der Waals surface area (Å²) >= 11 is 1.30. The lowest BCUT2D eigenvalue weighted by Crippen LogP contribution is -2.29. The van der Waals surface area contributed by atoms with E-state index in [2.05, 4.69) is 27.7 Å². The minimum Gasteiger partial charge on any atom is -0.507 e. The summed E-state index contributed by atoms with van der Waals surface area (Å²) in [5.74, 6) is -0.494. The average Bonchev–Trinajstić information content (AvgIpc) is 3.50. The number of benzene rings is 3. The number of ether oxygens (including phenoxy) is 2. The molecule has 0 saturated carbocycles. The van der Waals surface area contributed by atoms with Crippen LogP contribution in [0.25, 0.3) is 16.0 Å². The van der Waals surface area contributed by atoms with Crippen LogP contribution in [0.3, 0.4) is 0 Å². The number of aromatic nitrogens is 1. The third-order valence-corrected chi connectivity index (χ3v) is 8.22. The van der Waals surface area contributed by atoms with Gasteiger partial charge in [-0.3, -0.25) is 14.5 Å². The van der Waals surface area contributed by atoms with E-state index in [1.54, 1.807) is 31.4 Å². The van der Waals surface area contributed by atoms with Crippen molar-refractivity contribution >= 4 is 44.1 Å². The molecule has 8 heteroatoms. The van der Waals surface area contributed by atoms with Gasteiger partial charge in [0.05, 0.1) is 35.5 Å². The number of fused-ring (bicyclic) bond motifs is 1. The van der Waals surface area contributed by atoms with Gasteiger partial charge in [0.25, 0.3) is 5.78 Å². The maximum absolute atomic E-state index is 13.7. The van der Waals surface area contributed by atoms with Gasteiger partial charge in [0.1, 0.15) is 17.3 Å². The number of Topliss-reactive ketones (excluding diaryl/α,β-unsaturated/α-hetero) is 1. The highest BCUT2D eigenvalue weighted by Crippen LogP contribution is 2.45.